The monoisotopic (exact) mass is 307 g/mol. The van der Waals surface area contributed by atoms with Crippen LogP contribution in [0.3, 0.4) is 0 Å². The second kappa shape index (κ2) is 7.23. The minimum absolute atomic E-state index is 0.384. The van der Waals surface area contributed by atoms with E-state index < -0.39 is 16.6 Å². The number of hydrogen-bond acceptors (Lipinski definition) is 2. The van der Waals surface area contributed by atoms with Crippen LogP contribution in [0.15, 0.2) is 41.8 Å². The fourth-order valence-corrected chi connectivity index (χ4v) is 3.47. The lowest BCUT2D eigenvalue weighted by Gasteiger charge is -2.23. The number of rotatable bonds is 6. The molecule has 0 spiro atoms. The van der Waals surface area contributed by atoms with Gasteiger partial charge >= 0.3 is 0 Å². The molecule has 2 rings (SSSR count). The fourth-order valence-electron chi connectivity index (χ4n) is 2.42. The third-order valence-corrected chi connectivity index (χ3v) is 5.04. The standard InChI is InChI=1S/C17H25NO2S/c1-4-17(2,3)20-15-10-12-16(13-11-15)21(19)18-14-8-6-5-7-9-14/h4,10-14,18H,1,5-9H2,2-3H3. The average molecular weight is 307 g/mol. The van der Waals surface area contributed by atoms with Crippen LogP contribution in [0.2, 0.25) is 0 Å². The van der Waals surface area contributed by atoms with Gasteiger partial charge in [0.2, 0.25) is 0 Å². The summed E-state index contributed by atoms with van der Waals surface area (Å²) in [5.41, 5.74) is -0.402. The number of nitrogens with one attached hydrogen (secondary N) is 1. The Balaban J connectivity index is 1.94. The highest BCUT2D eigenvalue weighted by Crippen LogP contribution is 2.22. The van der Waals surface area contributed by atoms with Crippen molar-refractivity contribution in [1.82, 2.24) is 4.72 Å². The number of ether oxygens (including phenoxy) is 1. The van der Waals surface area contributed by atoms with Crippen molar-refractivity contribution >= 4 is 11.0 Å². The SMILES string of the molecule is C=CC(C)(C)Oc1ccc(S(=O)NC2CCCCC2)cc1. The van der Waals surface area contributed by atoms with E-state index in [9.17, 15) is 4.21 Å². The summed E-state index contributed by atoms with van der Waals surface area (Å²) in [6.45, 7) is 7.67. The molecule has 0 aliphatic heterocycles. The zero-order valence-corrected chi connectivity index (χ0v) is 13.7. The molecule has 116 valence electrons. The van der Waals surface area contributed by atoms with Crippen LogP contribution in [0, 0.1) is 0 Å². The van der Waals surface area contributed by atoms with Crippen LogP contribution in [0.5, 0.6) is 5.75 Å². The van der Waals surface area contributed by atoms with E-state index in [2.05, 4.69) is 11.3 Å². The summed E-state index contributed by atoms with van der Waals surface area (Å²) in [6, 6.07) is 7.83. The van der Waals surface area contributed by atoms with Crippen LogP contribution in [0.25, 0.3) is 0 Å². The maximum absolute atomic E-state index is 12.3. The second-order valence-corrected chi connectivity index (χ2v) is 7.35. The van der Waals surface area contributed by atoms with E-state index >= 15 is 0 Å². The van der Waals surface area contributed by atoms with E-state index in [0.29, 0.717) is 6.04 Å². The molecule has 1 aliphatic rings. The van der Waals surface area contributed by atoms with Crippen molar-refractivity contribution in [3.8, 4) is 5.75 Å². The summed E-state index contributed by atoms with van der Waals surface area (Å²) in [4.78, 5) is 0.796. The fraction of sp³-hybridized carbons (Fsp3) is 0.529. The Kier molecular flexibility index (Phi) is 5.59. The number of benzene rings is 1. The molecule has 1 N–H and O–H groups in total. The molecule has 0 bridgehead atoms. The molecule has 1 atom stereocenters. The molecule has 1 saturated carbocycles. The van der Waals surface area contributed by atoms with E-state index in [0.717, 1.165) is 23.5 Å². The van der Waals surface area contributed by atoms with Gasteiger partial charge in [-0.25, -0.2) is 8.93 Å². The Morgan fingerprint density at radius 2 is 1.86 bits per heavy atom. The highest BCUT2D eigenvalue weighted by atomic mass is 32.2. The van der Waals surface area contributed by atoms with Crippen molar-refractivity contribution in [2.24, 2.45) is 0 Å². The van der Waals surface area contributed by atoms with Crippen molar-refractivity contribution in [2.45, 2.75) is 62.5 Å². The van der Waals surface area contributed by atoms with Crippen molar-refractivity contribution in [1.29, 1.82) is 0 Å². The molecule has 1 unspecified atom stereocenters. The highest BCUT2D eigenvalue weighted by molar-refractivity contribution is 7.83. The number of hydrogen-bond donors (Lipinski definition) is 1. The second-order valence-electron chi connectivity index (χ2n) is 6.10. The van der Waals surface area contributed by atoms with Gasteiger partial charge in [0.05, 0.1) is 4.90 Å². The van der Waals surface area contributed by atoms with Crippen molar-refractivity contribution in [3.63, 3.8) is 0 Å². The van der Waals surface area contributed by atoms with Gasteiger partial charge in [-0.15, -0.1) is 0 Å². The topological polar surface area (TPSA) is 38.3 Å². The molecule has 3 nitrogen and oxygen atoms in total. The van der Waals surface area contributed by atoms with Crippen molar-refractivity contribution in [2.75, 3.05) is 0 Å². The molecule has 21 heavy (non-hydrogen) atoms. The summed E-state index contributed by atoms with van der Waals surface area (Å²) >= 11 is 0. The van der Waals surface area contributed by atoms with E-state index in [-0.39, 0.29) is 0 Å². The minimum atomic E-state index is -1.14. The molecule has 1 fully saturated rings. The van der Waals surface area contributed by atoms with Crippen LogP contribution >= 0.6 is 0 Å². The van der Waals surface area contributed by atoms with Gasteiger partial charge in [0.1, 0.15) is 22.3 Å². The molecule has 1 aromatic rings. The Morgan fingerprint density at radius 3 is 2.43 bits per heavy atom. The van der Waals surface area contributed by atoms with E-state index in [1.54, 1.807) is 6.08 Å². The molecule has 0 radical (unpaired) electrons. The van der Waals surface area contributed by atoms with E-state index in [4.69, 9.17) is 4.74 Å². The predicted octanol–water partition coefficient (Wildman–Crippen LogP) is 3.97. The van der Waals surface area contributed by atoms with Crippen LogP contribution in [0.1, 0.15) is 46.0 Å². The maximum atomic E-state index is 12.3. The Hall–Kier alpha value is -1.13. The lowest BCUT2D eigenvalue weighted by Crippen LogP contribution is -2.32. The first-order chi connectivity index (χ1) is 10.00. The Bertz CT molecular complexity index is 490. The molecule has 0 amide bonds. The molecular formula is C17H25NO2S. The van der Waals surface area contributed by atoms with Gasteiger partial charge in [0, 0.05) is 6.04 Å². The minimum Gasteiger partial charge on any atom is -0.484 e. The van der Waals surface area contributed by atoms with Crippen LogP contribution in [-0.4, -0.2) is 15.9 Å². The molecule has 1 aliphatic carbocycles. The molecule has 4 heteroatoms. The molecule has 0 saturated heterocycles. The normalized spacial score (nSPS) is 18.2. The highest BCUT2D eigenvalue weighted by Gasteiger charge is 2.17. The Labute approximate surface area is 130 Å². The summed E-state index contributed by atoms with van der Waals surface area (Å²) in [5.74, 6) is 0.762. The molecular weight excluding hydrogens is 282 g/mol. The predicted molar refractivity (Wildman–Crippen MR) is 87.8 cm³/mol. The summed E-state index contributed by atoms with van der Waals surface area (Å²) in [6.07, 6.45) is 7.79. The Morgan fingerprint density at radius 1 is 1.24 bits per heavy atom. The average Bonchev–Trinajstić information content (AvgIpc) is 2.48. The van der Waals surface area contributed by atoms with E-state index in [1.807, 2.05) is 38.1 Å². The van der Waals surface area contributed by atoms with Crippen LogP contribution < -0.4 is 9.46 Å². The first kappa shape index (κ1) is 16.2. The molecule has 1 aromatic carbocycles. The van der Waals surface area contributed by atoms with Crippen LogP contribution in [-0.2, 0) is 11.0 Å². The summed E-state index contributed by atoms with van der Waals surface area (Å²) in [7, 11) is -1.14. The molecule has 0 heterocycles. The van der Waals surface area contributed by atoms with E-state index in [1.165, 1.54) is 19.3 Å². The first-order valence-electron chi connectivity index (χ1n) is 7.61. The molecule has 0 aromatic heterocycles. The maximum Gasteiger partial charge on any atom is 0.125 e. The zero-order chi connectivity index (χ0) is 15.3. The van der Waals surface area contributed by atoms with Crippen LogP contribution in [0.4, 0.5) is 0 Å². The lowest BCUT2D eigenvalue weighted by atomic mass is 9.96. The quantitative estimate of drug-likeness (QED) is 0.807. The van der Waals surface area contributed by atoms with Gasteiger partial charge in [0.15, 0.2) is 0 Å². The van der Waals surface area contributed by atoms with Gasteiger partial charge in [-0.2, -0.15) is 0 Å². The third kappa shape index (κ3) is 4.97. The van der Waals surface area contributed by atoms with Gasteiger partial charge in [-0.05, 0) is 57.0 Å². The van der Waals surface area contributed by atoms with Crippen molar-refractivity contribution < 1.29 is 8.95 Å². The summed E-state index contributed by atoms with van der Waals surface area (Å²) < 4.78 is 21.3. The smallest absolute Gasteiger partial charge is 0.125 e. The van der Waals surface area contributed by atoms with Gasteiger partial charge < -0.3 is 4.74 Å². The lowest BCUT2D eigenvalue weighted by molar-refractivity contribution is 0.162. The third-order valence-electron chi connectivity index (χ3n) is 3.79. The zero-order valence-electron chi connectivity index (χ0n) is 12.9. The van der Waals surface area contributed by atoms with Gasteiger partial charge in [-0.1, -0.05) is 25.8 Å². The first-order valence-corrected chi connectivity index (χ1v) is 8.76. The van der Waals surface area contributed by atoms with Gasteiger partial charge in [-0.3, -0.25) is 0 Å². The largest absolute Gasteiger partial charge is 0.484 e. The van der Waals surface area contributed by atoms with Gasteiger partial charge in [0.25, 0.3) is 0 Å². The van der Waals surface area contributed by atoms with Crippen molar-refractivity contribution in [3.05, 3.63) is 36.9 Å². The summed E-state index contributed by atoms with van der Waals surface area (Å²) in [5, 5.41) is 0.